The van der Waals surface area contributed by atoms with Gasteiger partial charge in [-0.05, 0) is 29.8 Å². The summed E-state index contributed by atoms with van der Waals surface area (Å²) in [6.45, 7) is 0.523. The van der Waals surface area contributed by atoms with Crippen LogP contribution in [0.15, 0.2) is 78.2 Å². The van der Waals surface area contributed by atoms with Gasteiger partial charge < -0.3 is 9.64 Å². The van der Waals surface area contributed by atoms with Gasteiger partial charge in [-0.1, -0.05) is 60.1 Å². The molecule has 32 heavy (non-hydrogen) atoms. The maximum Gasteiger partial charge on any atom is 0.273 e. The molecule has 4 nitrogen and oxygen atoms in total. The topological polar surface area (TPSA) is 42.4 Å². The third kappa shape index (κ3) is 5.15. The number of hydrogen-bond acceptors (Lipinski definition) is 4. The van der Waals surface area contributed by atoms with Crippen LogP contribution in [0.1, 0.15) is 21.6 Å². The normalized spacial score (nSPS) is 10.7. The lowest BCUT2D eigenvalue weighted by atomic mass is 10.2. The van der Waals surface area contributed by atoms with E-state index in [1.54, 1.807) is 35.5 Å². The van der Waals surface area contributed by atoms with Crippen LogP contribution in [-0.2, 0) is 13.2 Å². The summed E-state index contributed by atoms with van der Waals surface area (Å²) in [5, 5.41) is 2.78. The van der Waals surface area contributed by atoms with E-state index < -0.39 is 5.82 Å². The molecule has 0 N–H and O–H groups in total. The van der Waals surface area contributed by atoms with Gasteiger partial charge >= 0.3 is 0 Å². The van der Waals surface area contributed by atoms with Crippen molar-refractivity contribution in [3.05, 3.63) is 106 Å². The van der Waals surface area contributed by atoms with E-state index in [4.69, 9.17) is 16.3 Å². The van der Waals surface area contributed by atoms with Gasteiger partial charge in [0, 0.05) is 30.1 Å². The van der Waals surface area contributed by atoms with Gasteiger partial charge in [-0.15, -0.1) is 11.3 Å². The van der Waals surface area contributed by atoms with Crippen molar-refractivity contribution >= 4 is 28.8 Å². The van der Waals surface area contributed by atoms with Gasteiger partial charge in [-0.25, -0.2) is 9.37 Å². The molecule has 4 aromatic rings. The predicted molar refractivity (Wildman–Crippen MR) is 126 cm³/mol. The summed E-state index contributed by atoms with van der Waals surface area (Å²) < 4.78 is 19.7. The second kappa shape index (κ2) is 9.94. The standard InChI is InChI=1S/C25H20ClFN2O2S/c1-29(14-17-7-3-2-4-8-17)25(30)23-16-32-24(28-23)18-9-5-10-19(13-18)31-15-20-21(26)11-6-12-22(20)27/h2-13,16H,14-15H2,1H3. The van der Waals surface area contributed by atoms with Gasteiger partial charge in [0.2, 0.25) is 0 Å². The first-order valence-corrected chi connectivity index (χ1v) is 11.2. The summed E-state index contributed by atoms with van der Waals surface area (Å²) in [5.74, 6) is 0.0143. The van der Waals surface area contributed by atoms with Crippen molar-refractivity contribution in [1.82, 2.24) is 9.88 Å². The monoisotopic (exact) mass is 466 g/mol. The molecule has 4 rings (SSSR count). The van der Waals surface area contributed by atoms with Crippen molar-refractivity contribution in [2.75, 3.05) is 7.05 Å². The highest BCUT2D eigenvalue weighted by Crippen LogP contribution is 2.28. The van der Waals surface area contributed by atoms with Crippen molar-refractivity contribution in [2.24, 2.45) is 0 Å². The Bertz CT molecular complexity index is 1210. The molecule has 0 aliphatic heterocycles. The third-order valence-electron chi connectivity index (χ3n) is 4.86. The van der Waals surface area contributed by atoms with Crippen molar-refractivity contribution < 1.29 is 13.9 Å². The van der Waals surface area contributed by atoms with Gasteiger partial charge in [0.15, 0.2) is 0 Å². The second-order valence-corrected chi connectivity index (χ2v) is 8.47. The fourth-order valence-electron chi connectivity index (χ4n) is 3.17. The lowest BCUT2D eigenvalue weighted by molar-refractivity contribution is 0.0780. The van der Waals surface area contributed by atoms with Crippen molar-refractivity contribution in [3.8, 4) is 16.3 Å². The molecule has 0 aliphatic rings. The molecule has 0 spiro atoms. The fraction of sp³-hybridized carbons (Fsp3) is 0.120. The molecule has 162 valence electrons. The SMILES string of the molecule is CN(Cc1ccccc1)C(=O)c1csc(-c2cccc(OCc3c(F)cccc3Cl)c2)n1. The molecule has 1 heterocycles. The van der Waals surface area contributed by atoms with Crippen LogP contribution in [0.25, 0.3) is 10.6 Å². The minimum Gasteiger partial charge on any atom is -0.489 e. The maximum absolute atomic E-state index is 14.0. The molecule has 0 saturated carbocycles. The molecule has 3 aromatic carbocycles. The minimum absolute atomic E-state index is 0.0147. The van der Waals surface area contributed by atoms with Gasteiger partial charge in [-0.3, -0.25) is 4.79 Å². The van der Waals surface area contributed by atoms with Crippen LogP contribution in [0, 0.1) is 5.82 Å². The highest BCUT2D eigenvalue weighted by Gasteiger charge is 2.17. The first-order chi connectivity index (χ1) is 15.5. The lowest BCUT2D eigenvalue weighted by Crippen LogP contribution is -2.26. The van der Waals surface area contributed by atoms with Crippen molar-refractivity contribution in [3.63, 3.8) is 0 Å². The molecule has 0 aliphatic carbocycles. The van der Waals surface area contributed by atoms with Crippen LogP contribution in [0.5, 0.6) is 5.75 Å². The largest absolute Gasteiger partial charge is 0.489 e. The molecule has 1 amide bonds. The smallest absolute Gasteiger partial charge is 0.273 e. The highest BCUT2D eigenvalue weighted by atomic mass is 35.5. The summed E-state index contributed by atoms with van der Waals surface area (Å²) in [6, 6.07) is 21.7. The molecule has 0 fully saturated rings. The first kappa shape index (κ1) is 22.0. The number of benzene rings is 3. The average molecular weight is 467 g/mol. The third-order valence-corrected chi connectivity index (χ3v) is 6.10. The van der Waals surface area contributed by atoms with E-state index in [1.807, 2.05) is 48.5 Å². The Morgan fingerprint density at radius 1 is 1.09 bits per heavy atom. The maximum atomic E-state index is 14.0. The highest BCUT2D eigenvalue weighted by molar-refractivity contribution is 7.13. The predicted octanol–water partition coefficient (Wildman–Crippen LogP) is 6.45. The first-order valence-electron chi connectivity index (χ1n) is 9.92. The van der Waals surface area contributed by atoms with Crippen LogP contribution < -0.4 is 4.74 Å². The number of ether oxygens (including phenoxy) is 1. The quantitative estimate of drug-likeness (QED) is 0.314. The zero-order chi connectivity index (χ0) is 22.5. The molecule has 0 atom stereocenters. The molecule has 7 heteroatoms. The molecule has 1 aromatic heterocycles. The van der Waals surface area contributed by atoms with E-state index in [-0.39, 0.29) is 12.5 Å². The number of carbonyl (C=O) groups is 1. The molecular formula is C25H20ClFN2O2S. The summed E-state index contributed by atoms with van der Waals surface area (Å²) >= 11 is 7.46. The number of aromatic nitrogens is 1. The number of carbonyl (C=O) groups excluding carboxylic acids is 1. The summed E-state index contributed by atoms with van der Waals surface area (Å²) in [7, 11) is 1.76. The molecule has 0 unspecified atom stereocenters. The van der Waals surface area contributed by atoms with Crippen molar-refractivity contribution in [2.45, 2.75) is 13.2 Å². The number of halogens is 2. The molecule has 0 bridgehead atoms. The number of hydrogen-bond donors (Lipinski definition) is 0. The minimum atomic E-state index is -0.406. The Labute approximate surface area is 194 Å². The summed E-state index contributed by atoms with van der Waals surface area (Å²) in [4.78, 5) is 18.9. The molecular weight excluding hydrogens is 447 g/mol. The van der Waals surface area contributed by atoms with Crippen LogP contribution in [0.2, 0.25) is 5.02 Å². The Balaban J connectivity index is 1.45. The van der Waals surface area contributed by atoms with Crippen LogP contribution in [0.3, 0.4) is 0 Å². The Morgan fingerprint density at radius 3 is 2.66 bits per heavy atom. The van der Waals surface area contributed by atoms with Crippen LogP contribution in [0.4, 0.5) is 4.39 Å². The van der Waals surface area contributed by atoms with Gasteiger partial charge in [-0.2, -0.15) is 0 Å². The van der Waals surface area contributed by atoms with E-state index in [9.17, 15) is 9.18 Å². The Morgan fingerprint density at radius 2 is 1.88 bits per heavy atom. The van der Waals surface area contributed by atoms with Gasteiger partial charge in [0.1, 0.15) is 28.9 Å². The van der Waals surface area contributed by atoms with Gasteiger partial charge in [0.05, 0.1) is 5.02 Å². The Kier molecular flexibility index (Phi) is 6.83. The van der Waals surface area contributed by atoms with Crippen LogP contribution in [-0.4, -0.2) is 22.8 Å². The molecule has 0 radical (unpaired) electrons. The molecule has 0 saturated heterocycles. The number of rotatable bonds is 7. The average Bonchev–Trinajstić information content (AvgIpc) is 3.29. The van der Waals surface area contributed by atoms with Crippen LogP contribution >= 0.6 is 22.9 Å². The van der Waals surface area contributed by atoms with Crippen molar-refractivity contribution in [1.29, 1.82) is 0 Å². The zero-order valence-electron chi connectivity index (χ0n) is 17.3. The van der Waals surface area contributed by atoms with E-state index >= 15 is 0 Å². The van der Waals surface area contributed by atoms with Gasteiger partial charge in [0.25, 0.3) is 5.91 Å². The van der Waals surface area contributed by atoms with E-state index in [0.29, 0.717) is 33.6 Å². The zero-order valence-corrected chi connectivity index (χ0v) is 18.9. The summed E-state index contributed by atoms with van der Waals surface area (Å²) in [6.07, 6.45) is 0. The van der Waals surface area contributed by atoms with E-state index in [2.05, 4.69) is 4.98 Å². The summed E-state index contributed by atoms with van der Waals surface area (Å²) in [5.41, 5.74) is 2.58. The number of nitrogens with zero attached hydrogens (tertiary/aromatic N) is 2. The number of thiazole rings is 1. The number of amides is 1. The Hall–Kier alpha value is -3.22. The lowest BCUT2D eigenvalue weighted by Gasteiger charge is -2.15. The van der Waals surface area contributed by atoms with E-state index in [1.165, 1.54) is 17.4 Å². The second-order valence-electron chi connectivity index (χ2n) is 7.20. The fourth-order valence-corrected chi connectivity index (χ4v) is 4.18. The van der Waals surface area contributed by atoms with E-state index in [0.717, 1.165) is 11.1 Å².